The number of rotatable bonds is 2. The van der Waals surface area contributed by atoms with Crippen LogP contribution in [0.25, 0.3) is 0 Å². The van der Waals surface area contributed by atoms with Crippen molar-refractivity contribution in [2.24, 2.45) is 5.73 Å². The van der Waals surface area contributed by atoms with Crippen LogP contribution in [-0.4, -0.2) is 11.6 Å². The van der Waals surface area contributed by atoms with Gasteiger partial charge >= 0.3 is 0 Å². The van der Waals surface area contributed by atoms with Gasteiger partial charge in [-0.25, -0.2) is 0 Å². The Morgan fingerprint density at radius 1 is 1.64 bits per heavy atom. The topological polar surface area (TPSA) is 68.1 Å². The summed E-state index contributed by atoms with van der Waals surface area (Å²) in [6.45, 7) is 1.08. The minimum absolute atomic E-state index is 0.103. The number of hydrogen-bond acceptors (Lipinski definition) is 3. The fraction of sp³-hybridized carbons (Fsp3) is 0.500. The highest BCUT2D eigenvalue weighted by molar-refractivity contribution is 5.20. The molecule has 76 valence electrons. The largest absolute Gasteiger partial charge is 0.373 e. The zero-order valence-electron chi connectivity index (χ0n) is 7.95. The van der Waals surface area contributed by atoms with Gasteiger partial charge in [0.15, 0.2) is 0 Å². The molecule has 0 spiro atoms. The smallest absolute Gasteiger partial charge is 0.252 e. The maximum Gasteiger partial charge on any atom is 0.252 e. The lowest BCUT2D eigenvalue weighted by Gasteiger charge is -2.09. The van der Waals surface area contributed by atoms with Gasteiger partial charge in [0, 0.05) is 24.9 Å². The van der Waals surface area contributed by atoms with Crippen LogP contribution in [0.2, 0.25) is 0 Å². The van der Waals surface area contributed by atoms with E-state index in [1.165, 1.54) is 0 Å². The van der Waals surface area contributed by atoms with E-state index in [0.29, 0.717) is 5.56 Å². The molecule has 4 nitrogen and oxygen atoms in total. The SMILES string of the molecule is NCc1cc(C2CCCO2)c[nH]c1=O. The predicted molar refractivity (Wildman–Crippen MR) is 52.9 cm³/mol. The van der Waals surface area contributed by atoms with E-state index in [0.717, 1.165) is 25.0 Å². The van der Waals surface area contributed by atoms with Gasteiger partial charge in [0.2, 0.25) is 0 Å². The van der Waals surface area contributed by atoms with Crippen LogP contribution in [0.5, 0.6) is 0 Å². The Labute approximate surface area is 82.1 Å². The minimum atomic E-state index is -0.103. The van der Waals surface area contributed by atoms with Gasteiger partial charge in [-0.2, -0.15) is 0 Å². The van der Waals surface area contributed by atoms with Crippen LogP contribution in [0.3, 0.4) is 0 Å². The summed E-state index contributed by atoms with van der Waals surface area (Å²) in [5.74, 6) is 0. The molecule has 0 saturated carbocycles. The van der Waals surface area contributed by atoms with Crippen molar-refractivity contribution in [3.8, 4) is 0 Å². The number of nitrogens with two attached hydrogens (primary N) is 1. The Balaban J connectivity index is 2.30. The molecule has 1 fully saturated rings. The van der Waals surface area contributed by atoms with E-state index >= 15 is 0 Å². The van der Waals surface area contributed by atoms with Gasteiger partial charge in [0.05, 0.1) is 6.10 Å². The van der Waals surface area contributed by atoms with E-state index in [-0.39, 0.29) is 18.2 Å². The summed E-state index contributed by atoms with van der Waals surface area (Å²) in [4.78, 5) is 13.9. The van der Waals surface area contributed by atoms with Crippen molar-refractivity contribution in [1.29, 1.82) is 0 Å². The van der Waals surface area contributed by atoms with E-state index < -0.39 is 0 Å². The molecule has 2 heterocycles. The molecule has 1 saturated heterocycles. The molecule has 0 amide bonds. The van der Waals surface area contributed by atoms with Crippen molar-refractivity contribution in [3.05, 3.63) is 33.7 Å². The fourth-order valence-corrected chi connectivity index (χ4v) is 1.73. The molecule has 0 aliphatic carbocycles. The number of ether oxygens (including phenoxy) is 1. The molecular weight excluding hydrogens is 180 g/mol. The first kappa shape index (κ1) is 9.43. The van der Waals surface area contributed by atoms with Crippen molar-refractivity contribution < 1.29 is 4.74 Å². The molecule has 1 aromatic heterocycles. The second-order valence-corrected chi connectivity index (χ2v) is 3.49. The fourth-order valence-electron chi connectivity index (χ4n) is 1.73. The first-order valence-electron chi connectivity index (χ1n) is 4.84. The molecule has 1 aliphatic heterocycles. The van der Waals surface area contributed by atoms with Gasteiger partial charge in [-0.05, 0) is 24.5 Å². The second kappa shape index (κ2) is 3.94. The standard InChI is InChI=1S/C10H14N2O2/c11-5-7-4-8(6-12-10(7)13)9-2-1-3-14-9/h4,6,9H,1-3,5,11H2,(H,12,13). The minimum Gasteiger partial charge on any atom is -0.373 e. The molecule has 2 rings (SSSR count). The number of nitrogens with one attached hydrogen (secondary N) is 1. The van der Waals surface area contributed by atoms with Crippen molar-refractivity contribution in [2.45, 2.75) is 25.5 Å². The number of aromatic nitrogens is 1. The molecule has 1 atom stereocenters. The Hall–Kier alpha value is -1.13. The number of H-pyrrole nitrogens is 1. The third-order valence-electron chi connectivity index (χ3n) is 2.52. The van der Waals surface area contributed by atoms with Gasteiger partial charge in [-0.15, -0.1) is 0 Å². The van der Waals surface area contributed by atoms with Gasteiger partial charge in [-0.3, -0.25) is 4.79 Å². The van der Waals surface area contributed by atoms with E-state index in [1.54, 1.807) is 6.20 Å². The van der Waals surface area contributed by atoms with Crippen LogP contribution in [0.1, 0.15) is 30.1 Å². The van der Waals surface area contributed by atoms with Crippen molar-refractivity contribution in [2.75, 3.05) is 6.61 Å². The molecule has 0 radical (unpaired) electrons. The molecule has 0 bridgehead atoms. The van der Waals surface area contributed by atoms with Crippen molar-refractivity contribution >= 4 is 0 Å². The number of aromatic amines is 1. The highest BCUT2D eigenvalue weighted by Crippen LogP contribution is 2.27. The van der Waals surface area contributed by atoms with Gasteiger partial charge in [0.1, 0.15) is 0 Å². The van der Waals surface area contributed by atoms with Gasteiger partial charge < -0.3 is 15.5 Å². The maximum atomic E-state index is 11.2. The van der Waals surface area contributed by atoms with Crippen LogP contribution >= 0.6 is 0 Å². The Bertz CT molecular complexity index is 367. The Morgan fingerprint density at radius 2 is 2.50 bits per heavy atom. The second-order valence-electron chi connectivity index (χ2n) is 3.49. The average Bonchev–Trinajstić information content (AvgIpc) is 2.71. The summed E-state index contributed by atoms with van der Waals surface area (Å²) < 4.78 is 5.52. The lowest BCUT2D eigenvalue weighted by molar-refractivity contribution is 0.111. The summed E-state index contributed by atoms with van der Waals surface area (Å²) in [5, 5.41) is 0. The monoisotopic (exact) mass is 194 g/mol. The van der Waals surface area contributed by atoms with E-state index in [1.807, 2.05) is 6.07 Å². The van der Waals surface area contributed by atoms with Crippen LogP contribution in [-0.2, 0) is 11.3 Å². The molecule has 0 aromatic carbocycles. The molecule has 4 heteroatoms. The van der Waals surface area contributed by atoms with E-state index in [4.69, 9.17) is 10.5 Å². The Kier molecular flexibility index (Phi) is 2.65. The number of hydrogen-bond donors (Lipinski definition) is 2. The first-order valence-corrected chi connectivity index (χ1v) is 4.84. The lowest BCUT2D eigenvalue weighted by atomic mass is 10.1. The Morgan fingerprint density at radius 3 is 3.14 bits per heavy atom. The van der Waals surface area contributed by atoms with Crippen LogP contribution in [0.15, 0.2) is 17.1 Å². The molecular formula is C10H14N2O2. The van der Waals surface area contributed by atoms with Crippen LogP contribution in [0, 0.1) is 0 Å². The van der Waals surface area contributed by atoms with E-state index in [2.05, 4.69) is 4.98 Å². The lowest BCUT2D eigenvalue weighted by Crippen LogP contribution is -2.16. The first-order chi connectivity index (χ1) is 6.81. The molecule has 1 aromatic rings. The molecule has 1 aliphatic rings. The molecule has 14 heavy (non-hydrogen) atoms. The van der Waals surface area contributed by atoms with Gasteiger partial charge in [0.25, 0.3) is 5.56 Å². The molecule has 3 N–H and O–H groups in total. The highest BCUT2D eigenvalue weighted by atomic mass is 16.5. The van der Waals surface area contributed by atoms with E-state index in [9.17, 15) is 4.79 Å². The quantitative estimate of drug-likeness (QED) is 0.727. The summed E-state index contributed by atoms with van der Waals surface area (Å²) in [6, 6.07) is 1.84. The zero-order chi connectivity index (χ0) is 9.97. The zero-order valence-corrected chi connectivity index (χ0v) is 7.95. The van der Waals surface area contributed by atoms with Crippen LogP contribution < -0.4 is 11.3 Å². The molecule has 1 unspecified atom stereocenters. The van der Waals surface area contributed by atoms with Crippen LogP contribution in [0.4, 0.5) is 0 Å². The van der Waals surface area contributed by atoms with Crippen molar-refractivity contribution in [3.63, 3.8) is 0 Å². The predicted octanol–water partition coefficient (Wildman–Crippen LogP) is 0.685. The normalized spacial score (nSPS) is 21.4. The third-order valence-corrected chi connectivity index (χ3v) is 2.52. The number of pyridine rings is 1. The van der Waals surface area contributed by atoms with Gasteiger partial charge in [-0.1, -0.05) is 0 Å². The maximum absolute atomic E-state index is 11.2. The summed E-state index contributed by atoms with van der Waals surface area (Å²) in [7, 11) is 0. The average molecular weight is 194 g/mol. The summed E-state index contributed by atoms with van der Waals surface area (Å²) >= 11 is 0. The highest BCUT2D eigenvalue weighted by Gasteiger charge is 2.18. The summed E-state index contributed by atoms with van der Waals surface area (Å²) in [6.07, 6.45) is 3.96. The summed E-state index contributed by atoms with van der Waals surface area (Å²) in [5.41, 5.74) is 7.01. The third kappa shape index (κ3) is 1.71. The van der Waals surface area contributed by atoms with Crippen molar-refractivity contribution in [1.82, 2.24) is 4.98 Å².